The highest BCUT2D eigenvalue weighted by Gasteiger charge is 2.18. The number of hydrogen-bond donors (Lipinski definition) is 2. The van der Waals surface area contributed by atoms with E-state index in [4.69, 9.17) is 9.47 Å². The maximum Gasteiger partial charge on any atom is 0.265 e. The molecule has 0 atom stereocenters. The largest absolute Gasteiger partial charge is 0.492 e. The van der Waals surface area contributed by atoms with E-state index in [1.165, 1.54) is 11.3 Å². The van der Waals surface area contributed by atoms with E-state index in [0.717, 1.165) is 11.1 Å². The molecule has 2 amide bonds. The molecule has 0 bridgehead atoms. The van der Waals surface area contributed by atoms with Crippen molar-refractivity contribution in [2.24, 2.45) is 0 Å². The maximum absolute atomic E-state index is 13.0. The van der Waals surface area contributed by atoms with Crippen molar-refractivity contribution in [3.05, 3.63) is 94.7 Å². The second-order valence-corrected chi connectivity index (χ2v) is 8.49. The molecule has 2 N–H and O–H groups in total. The van der Waals surface area contributed by atoms with Gasteiger partial charge in [-0.2, -0.15) is 0 Å². The molecule has 6 nitrogen and oxygen atoms in total. The molecular formula is C28H26N2O4S. The number of nitrogens with one attached hydrogen (secondary N) is 2. The molecular weight excluding hydrogens is 460 g/mol. The first kappa shape index (κ1) is 24.0. The van der Waals surface area contributed by atoms with Crippen molar-refractivity contribution in [1.29, 1.82) is 0 Å². The van der Waals surface area contributed by atoms with Crippen LogP contribution in [0.4, 0.5) is 11.4 Å². The third-order valence-corrected chi connectivity index (χ3v) is 6.05. The Balaban J connectivity index is 1.58. The quantitative estimate of drug-likeness (QED) is 0.275. The normalized spacial score (nSPS) is 10.5. The van der Waals surface area contributed by atoms with E-state index in [1.807, 2.05) is 67.8 Å². The first-order valence-corrected chi connectivity index (χ1v) is 12.2. The van der Waals surface area contributed by atoms with Gasteiger partial charge in [0.1, 0.15) is 11.5 Å². The van der Waals surface area contributed by atoms with Crippen LogP contribution in [0, 0.1) is 0 Å². The number of anilines is 2. The predicted molar refractivity (Wildman–Crippen MR) is 141 cm³/mol. The summed E-state index contributed by atoms with van der Waals surface area (Å²) < 4.78 is 11.5. The van der Waals surface area contributed by atoms with E-state index in [1.54, 1.807) is 30.3 Å². The van der Waals surface area contributed by atoms with Gasteiger partial charge in [0.2, 0.25) is 0 Å². The Morgan fingerprint density at radius 2 is 1.29 bits per heavy atom. The molecule has 178 valence electrons. The molecule has 4 aromatic rings. The smallest absolute Gasteiger partial charge is 0.265 e. The maximum atomic E-state index is 13.0. The molecule has 0 aliphatic heterocycles. The van der Waals surface area contributed by atoms with Crippen LogP contribution in [0.25, 0.3) is 11.1 Å². The summed E-state index contributed by atoms with van der Waals surface area (Å²) in [7, 11) is 0. The van der Waals surface area contributed by atoms with Gasteiger partial charge in [0, 0.05) is 17.7 Å². The Morgan fingerprint density at radius 3 is 1.83 bits per heavy atom. The fraction of sp³-hybridized carbons (Fsp3) is 0.143. The Bertz CT molecular complexity index is 1290. The molecule has 1 heterocycles. The zero-order valence-corrected chi connectivity index (χ0v) is 20.4. The van der Waals surface area contributed by atoms with Crippen LogP contribution < -0.4 is 20.1 Å². The van der Waals surface area contributed by atoms with Crippen molar-refractivity contribution in [3.8, 4) is 22.6 Å². The number of rotatable bonds is 9. The van der Waals surface area contributed by atoms with Gasteiger partial charge < -0.3 is 20.1 Å². The summed E-state index contributed by atoms with van der Waals surface area (Å²) in [5.41, 5.74) is 3.56. The van der Waals surface area contributed by atoms with Gasteiger partial charge in [0.15, 0.2) is 0 Å². The zero-order valence-electron chi connectivity index (χ0n) is 19.5. The highest BCUT2D eigenvalue weighted by atomic mass is 32.1. The minimum absolute atomic E-state index is 0.237. The Labute approximate surface area is 208 Å². The summed E-state index contributed by atoms with van der Waals surface area (Å²) in [6, 6.07) is 24.3. The first-order valence-electron chi connectivity index (χ1n) is 11.3. The van der Waals surface area contributed by atoms with Crippen LogP contribution in [-0.2, 0) is 0 Å². The van der Waals surface area contributed by atoms with Crippen molar-refractivity contribution >= 4 is 34.5 Å². The van der Waals surface area contributed by atoms with Gasteiger partial charge in [-0.3, -0.25) is 9.59 Å². The van der Waals surface area contributed by atoms with Crippen molar-refractivity contribution in [2.45, 2.75) is 13.8 Å². The molecule has 0 radical (unpaired) electrons. The lowest BCUT2D eigenvalue weighted by atomic mass is 10.0. The second-order valence-electron chi connectivity index (χ2n) is 7.54. The predicted octanol–water partition coefficient (Wildman–Crippen LogP) is 6.72. The molecule has 0 saturated heterocycles. The molecule has 0 saturated carbocycles. The van der Waals surface area contributed by atoms with Crippen LogP contribution in [-0.4, -0.2) is 25.0 Å². The molecule has 0 unspecified atom stereocenters. The fourth-order valence-corrected chi connectivity index (χ4v) is 4.15. The van der Waals surface area contributed by atoms with Gasteiger partial charge in [-0.05, 0) is 48.6 Å². The molecule has 0 fully saturated rings. The number of ether oxygens (including phenoxy) is 2. The lowest BCUT2D eigenvalue weighted by Crippen LogP contribution is -2.15. The van der Waals surface area contributed by atoms with Gasteiger partial charge in [-0.15, -0.1) is 11.3 Å². The highest BCUT2D eigenvalue weighted by Crippen LogP contribution is 2.37. The average molecular weight is 487 g/mol. The van der Waals surface area contributed by atoms with Crippen molar-refractivity contribution < 1.29 is 19.1 Å². The number of carbonyl (C=O) groups is 2. The Kier molecular flexibility index (Phi) is 7.80. The second kappa shape index (κ2) is 11.4. The molecule has 1 aromatic heterocycles. The van der Waals surface area contributed by atoms with Crippen LogP contribution in [0.5, 0.6) is 11.5 Å². The first-order chi connectivity index (χ1) is 17.1. The van der Waals surface area contributed by atoms with E-state index >= 15 is 0 Å². The van der Waals surface area contributed by atoms with Gasteiger partial charge in [0.25, 0.3) is 11.8 Å². The number of carbonyl (C=O) groups excluding carboxylic acids is 2. The topological polar surface area (TPSA) is 76.7 Å². The van der Waals surface area contributed by atoms with Gasteiger partial charge in [-0.25, -0.2) is 0 Å². The Hall–Kier alpha value is -4.10. The monoisotopic (exact) mass is 486 g/mol. The summed E-state index contributed by atoms with van der Waals surface area (Å²) in [4.78, 5) is 26.2. The number of benzene rings is 3. The van der Waals surface area contributed by atoms with Crippen LogP contribution in [0.15, 0.2) is 84.2 Å². The molecule has 0 aliphatic carbocycles. The molecule has 35 heavy (non-hydrogen) atoms. The fourth-order valence-electron chi connectivity index (χ4n) is 3.54. The highest BCUT2D eigenvalue weighted by molar-refractivity contribution is 7.12. The molecule has 3 aromatic carbocycles. The van der Waals surface area contributed by atoms with E-state index in [-0.39, 0.29) is 11.8 Å². The van der Waals surface area contributed by atoms with Gasteiger partial charge >= 0.3 is 0 Å². The van der Waals surface area contributed by atoms with Crippen molar-refractivity contribution in [2.75, 3.05) is 23.8 Å². The van der Waals surface area contributed by atoms with E-state index in [9.17, 15) is 9.59 Å². The summed E-state index contributed by atoms with van der Waals surface area (Å²) in [6.45, 7) is 4.49. The standard InChI is InChI=1S/C28H26N2O4S/c1-3-33-24-18-23(30-28(32)26-11-8-16-35-26)25(34-4-2)17-22(24)29-27(31)21-14-12-20(13-15-21)19-9-6-5-7-10-19/h5-18H,3-4H2,1-2H3,(H,29,31)(H,30,32). The summed E-state index contributed by atoms with van der Waals surface area (Å²) in [5.74, 6) is 0.365. The molecule has 7 heteroatoms. The summed E-state index contributed by atoms with van der Waals surface area (Å²) >= 11 is 1.35. The third kappa shape index (κ3) is 5.88. The van der Waals surface area contributed by atoms with E-state index < -0.39 is 0 Å². The van der Waals surface area contributed by atoms with Crippen LogP contribution >= 0.6 is 11.3 Å². The van der Waals surface area contributed by atoms with Crippen LogP contribution in [0.3, 0.4) is 0 Å². The number of amides is 2. The molecule has 4 rings (SSSR count). The Morgan fingerprint density at radius 1 is 0.714 bits per heavy atom. The average Bonchev–Trinajstić information content (AvgIpc) is 3.43. The van der Waals surface area contributed by atoms with E-state index in [0.29, 0.717) is 46.5 Å². The molecule has 0 spiro atoms. The van der Waals surface area contributed by atoms with Crippen molar-refractivity contribution in [3.63, 3.8) is 0 Å². The molecule has 0 aliphatic rings. The van der Waals surface area contributed by atoms with Gasteiger partial charge in [-0.1, -0.05) is 48.5 Å². The lowest BCUT2D eigenvalue weighted by Gasteiger charge is -2.17. The van der Waals surface area contributed by atoms with E-state index in [2.05, 4.69) is 10.6 Å². The SMILES string of the molecule is CCOc1cc(NC(=O)c2cccs2)c(OCC)cc1NC(=O)c1ccc(-c2ccccc2)cc1. The minimum atomic E-state index is -0.275. The van der Waals surface area contributed by atoms with Crippen molar-refractivity contribution in [1.82, 2.24) is 0 Å². The lowest BCUT2D eigenvalue weighted by molar-refractivity contribution is 0.101. The number of thiophene rings is 1. The summed E-state index contributed by atoms with van der Waals surface area (Å²) in [5, 5.41) is 7.65. The number of hydrogen-bond acceptors (Lipinski definition) is 5. The van der Waals surface area contributed by atoms with Gasteiger partial charge in [0.05, 0.1) is 29.5 Å². The van der Waals surface area contributed by atoms with Crippen LogP contribution in [0.1, 0.15) is 33.9 Å². The third-order valence-electron chi connectivity index (χ3n) is 5.18. The summed E-state index contributed by atoms with van der Waals surface area (Å²) in [6.07, 6.45) is 0. The van der Waals surface area contributed by atoms with Crippen LogP contribution in [0.2, 0.25) is 0 Å². The zero-order chi connectivity index (χ0) is 24.6. The minimum Gasteiger partial charge on any atom is -0.492 e.